The van der Waals surface area contributed by atoms with E-state index in [4.69, 9.17) is 4.74 Å². The molecule has 0 radical (unpaired) electrons. The Bertz CT molecular complexity index is 831. The molecule has 0 spiro atoms. The number of hydrogen-bond donors (Lipinski definition) is 1. The van der Waals surface area contributed by atoms with Gasteiger partial charge >= 0.3 is 5.97 Å². The SMILES string of the molecule is CCOC(=O)C1(C(N[S+]([O-])C(C)(C)C)c2ccc3ccccc3c2)SCCS1. The smallest absolute Gasteiger partial charge is 0.334 e. The van der Waals surface area contributed by atoms with Crippen molar-refractivity contribution in [3.05, 3.63) is 48.0 Å². The number of hydrogen-bond acceptors (Lipinski definition) is 6. The molecule has 28 heavy (non-hydrogen) atoms. The highest BCUT2D eigenvalue weighted by molar-refractivity contribution is 8.22. The molecule has 2 atom stereocenters. The number of benzene rings is 2. The van der Waals surface area contributed by atoms with E-state index in [1.54, 1.807) is 23.5 Å². The monoisotopic (exact) mass is 437 g/mol. The molecule has 0 aromatic heterocycles. The molecule has 1 saturated heterocycles. The summed E-state index contributed by atoms with van der Waals surface area (Å²) in [6.45, 7) is 7.94. The predicted molar refractivity (Wildman–Crippen MR) is 122 cm³/mol. The van der Waals surface area contributed by atoms with E-state index < -0.39 is 26.2 Å². The molecule has 2 aromatic carbocycles. The van der Waals surface area contributed by atoms with Crippen LogP contribution in [0.4, 0.5) is 0 Å². The molecule has 1 aliphatic rings. The van der Waals surface area contributed by atoms with Crippen LogP contribution in [-0.2, 0) is 20.9 Å². The highest BCUT2D eigenvalue weighted by Gasteiger charge is 2.54. The van der Waals surface area contributed by atoms with E-state index in [1.807, 2.05) is 45.9 Å². The van der Waals surface area contributed by atoms with Crippen LogP contribution in [-0.4, -0.2) is 37.5 Å². The van der Waals surface area contributed by atoms with Crippen molar-refractivity contribution in [1.29, 1.82) is 0 Å². The van der Waals surface area contributed by atoms with Crippen molar-refractivity contribution in [1.82, 2.24) is 4.72 Å². The largest absolute Gasteiger partial charge is 0.598 e. The van der Waals surface area contributed by atoms with Gasteiger partial charge in [0.15, 0.2) is 4.08 Å². The molecule has 2 unspecified atom stereocenters. The molecule has 0 aliphatic carbocycles. The Morgan fingerprint density at radius 2 is 1.86 bits per heavy atom. The zero-order valence-electron chi connectivity index (χ0n) is 16.7. The first-order valence-corrected chi connectivity index (χ1v) is 12.5. The Labute approximate surface area is 178 Å². The van der Waals surface area contributed by atoms with Crippen LogP contribution in [0, 0.1) is 0 Å². The van der Waals surface area contributed by atoms with Crippen LogP contribution in [0.2, 0.25) is 0 Å². The third kappa shape index (κ3) is 4.49. The second kappa shape index (κ2) is 8.88. The molecule has 4 nitrogen and oxygen atoms in total. The van der Waals surface area contributed by atoms with Gasteiger partial charge in [0.05, 0.1) is 6.61 Å². The molecule has 2 aromatic rings. The first-order valence-electron chi connectivity index (χ1n) is 9.40. The summed E-state index contributed by atoms with van der Waals surface area (Å²) in [6, 6.07) is 13.9. The van der Waals surface area contributed by atoms with Gasteiger partial charge in [-0.05, 0) is 50.1 Å². The molecule has 0 amide bonds. The fourth-order valence-corrected chi connectivity index (χ4v) is 7.31. The zero-order chi connectivity index (χ0) is 20.4. The van der Waals surface area contributed by atoms with E-state index in [0.29, 0.717) is 6.61 Å². The number of carbonyl (C=O) groups excluding carboxylic acids is 1. The van der Waals surface area contributed by atoms with Gasteiger partial charge in [0.2, 0.25) is 0 Å². The first kappa shape index (κ1) is 21.8. The predicted octanol–water partition coefficient (Wildman–Crippen LogP) is 4.67. The number of nitrogens with one attached hydrogen (secondary N) is 1. The van der Waals surface area contributed by atoms with Crippen molar-refractivity contribution < 1.29 is 14.1 Å². The fraction of sp³-hybridized carbons (Fsp3) is 0.476. The summed E-state index contributed by atoms with van der Waals surface area (Å²) < 4.78 is 20.5. The summed E-state index contributed by atoms with van der Waals surface area (Å²) in [5.41, 5.74) is 0.950. The summed E-state index contributed by atoms with van der Waals surface area (Å²) in [7, 11) is 0. The Kier molecular flexibility index (Phi) is 6.92. The molecule has 3 rings (SSSR count). The molecule has 1 N–H and O–H groups in total. The summed E-state index contributed by atoms with van der Waals surface area (Å²) in [6.07, 6.45) is 0. The van der Waals surface area contributed by atoms with E-state index in [1.165, 1.54) is 0 Å². The van der Waals surface area contributed by atoms with Gasteiger partial charge in [0.1, 0.15) is 10.8 Å². The first-order chi connectivity index (χ1) is 13.3. The van der Waals surface area contributed by atoms with Crippen molar-refractivity contribution in [2.24, 2.45) is 0 Å². The molecule has 7 heteroatoms. The highest BCUT2D eigenvalue weighted by atomic mass is 32.2. The van der Waals surface area contributed by atoms with Gasteiger partial charge in [0, 0.05) is 22.9 Å². The molecule has 1 aliphatic heterocycles. The van der Waals surface area contributed by atoms with E-state index in [-0.39, 0.29) is 5.97 Å². The lowest BCUT2D eigenvalue weighted by atomic mass is 9.99. The molecule has 0 saturated carbocycles. The van der Waals surface area contributed by atoms with Gasteiger partial charge in [-0.25, -0.2) is 4.79 Å². The van der Waals surface area contributed by atoms with Crippen LogP contribution in [0.5, 0.6) is 0 Å². The average Bonchev–Trinajstić information content (AvgIpc) is 3.16. The second-order valence-corrected chi connectivity index (χ2v) is 12.6. The van der Waals surface area contributed by atoms with Gasteiger partial charge in [-0.1, -0.05) is 36.4 Å². The number of thioether (sulfide) groups is 2. The van der Waals surface area contributed by atoms with Gasteiger partial charge < -0.3 is 9.29 Å². The third-order valence-electron chi connectivity index (χ3n) is 4.54. The van der Waals surface area contributed by atoms with Crippen LogP contribution in [0.15, 0.2) is 42.5 Å². The van der Waals surface area contributed by atoms with Crippen LogP contribution in [0.25, 0.3) is 10.8 Å². The summed E-state index contributed by atoms with van der Waals surface area (Å²) in [5.74, 6) is 1.47. The van der Waals surface area contributed by atoms with Crippen molar-refractivity contribution >= 4 is 51.6 Å². The Morgan fingerprint density at radius 1 is 1.21 bits per heavy atom. The molecular weight excluding hydrogens is 410 g/mol. The standard InChI is InChI=1S/C21H27NO3S3/c1-5-25-19(23)21(26-12-13-27-21)18(22-28(24)20(2,3)4)17-11-10-15-8-6-7-9-16(15)14-17/h6-11,14,18,22H,5,12-13H2,1-4H3. The summed E-state index contributed by atoms with van der Waals surface area (Å²) >= 11 is 1.85. The summed E-state index contributed by atoms with van der Waals surface area (Å²) in [4.78, 5) is 13.1. The van der Waals surface area contributed by atoms with Crippen LogP contribution < -0.4 is 4.72 Å². The van der Waals surface area contributed by atoms with Crippen molar-refractivity contribution in [3.63, 3.8) is 0 Å². The number of esters is 1. The Balaban J connectivity index is 2.08. The second-order valence-electron chi connectivity index (χ2n) is 7.62. The van der Waals surface area contributed by atoms with Crippen LogP contribution in [0.3, 0.4) is 0 Å². The Hall–Kier alpha value is -0.860. The number of carbonyl (C=O) groups is 1. The van der Waals surface area contributed by atoms with Crippen molar-refractivity contribution in [2.45, 2.75) is 42.6 Å². The van der Waals surface area contributed by atoms with E-state index in [9.17, 15) is 9.35 Å². The minimum atomic E-state index is -1.33. The van der Waals surface area contributed by atoms with Gasteiger partial charge in [0.25, 0.3) is 0 Å². The maximum Gasteiger partial charge on any atom is 0.334 e. The quantitative estimate of drug-likeness (QED) is 0.523. The highest BCUT2D eigenvalue weighted by Crippen LogP contribution is 2.53. The minimum Gasteiger partial charge on any atom is -0.598 e. The number of fused-ring (bicyclic) bond motifs is 1. The lowest BCUT2D eigenvalue weighted by Gasteiger charge is -2.36. The van der Waals surface area contributed by atoms with Crippen molar-refractivity contribution in [2.75, 3.05) is 18.1 Å². The molecular formula is C21H27NO3S3. The number of rotatable bonds is 6. The molecule has 152 valence electrons. The third-order valence-corrected chi connectivity index (χ3v) is 9.55. The Morgan fingerprint density at radius 3 is 2.46 bits per heavy atom. The van der Waals surface area contributed by atoms with Crippen LogP contribution >= 0.6 is 23.5 Å². The van der Waals surface area contributed by atoms with E-state index in [0.717, 1.165) is 27.8 Å². The molecule has 1 fully saturated rings. The van der Waals surface area contributed by atoms with Gasteiger partial charge in [-0.3, -0.25) is 0 Å². The van der Waals surface area contributed by atoms with Crippen LogP contribution in [0.1, 0.15) is 39.3 Å². The van der Waals surface area contributed by atoms with E-state index >= 15 is 0 Å². The molecule has 0 bridgehead atoms. The van der Waals surface area contributed by atoms with Crippen molar-refractivity contribution in [3.8, 4) is 0 Å². The zero-order valence-corrected chi connectivity index (χ0v) is 19.1. The average molecular weight is 438 g/mol. The maximum absolute atomic E-state index is 13.1. The lowest BCUT2D eigenvalue weighted by Crippen LogP contribution is -2.50. The van der Waals surface area contributed by atoms with E-state index in [2.05, 4.69) is 29.0 Å². The normalized spacial score (nSPS) is 18.8. The van der Waals surface area contributed by atoms with Gasteiger partial charge in [-0.15, -0.1) is 28.2 Å². The fourth-order valence-electron chi connectivity index (χ4n) is 3.10. The maximum atomic E-state index is 13.1. The topological polar surface area (TPSA) is 61.4 Å². The summed E-state index contributed by atoms with van der Waals surface area (Å²) in [5, 5.41) is 2.24. The minimum absolute atomic E-state index is 0.251. The lowest BCUT2D eigenvalue weighted by molar-refractivity contribution is -0.144. The van der Waals surface area contributed by atoms with Gasteiger partial charge in [-0.2, -0.15) is 0 Å². The number of ether oxygens (including phenoxy) is 1. The molecule has 1 heterocycles.